The Morgan fingerprint density at radius 1 is 1.13 bits per heavy atom. The number of rotatable bonds is 6. The number of likely N-dealkylation sites (tertiary alicyclic amines) is 1. The molecule has 1 amide bonds. The highest BCUT2D eigenvalue weighted by Gasteiger charge is 2.29. The number of nitrogens with zero attached hydrogens (tertiary/aromatic N) is 4. The number of carbonyl (C=O) groups excluding carboxylic acids is 1. The maximum absolute atomic E-state index is 12.7. The summed E-state index contributed by atoms with van der Waals surface area (Å²) in [6.45, 7) is 0.332. The number of carbonyl (C=O) groups is 1. The second kappa shape index (κ2) is 8.74. The van der Waals surface area contributed by atoms with Crippen molar-refractivity contribution in [3.63, 3.8) is 0 Å². The van der Waals surface area contributed by atoms with Crippen LogP contribution >= 0.6 is 0 Å². The van der Waals surface area contributed by atoms with Gasteiger partial charge in [-0.15, -0.1) is 10.2 Å². The number of aromatic nitrogens is 3. The van der Waals surface area contributed by atoms with Crippen molar-refractivity contribution in [2.75, 3.05) is 18.4 Å². The molecule has 1 aromatic carbocycles. The molecule has 30 heavy (non-hydrogen) atoms. The molecule has 1 fully saturated rings. The van der Waals surface area contributed by atoms with E-state index in [1.54, 1.807) is 18.2 Å². The van der Waals surface area contributed by atoms with E-state index in [1.165, 1.54) is 6.07 Å². The van der Waals surface area contributed by atoms with Crippen molar-refractivity contribution in [2.24, 2.45) is 0 Å². The van der Waals surface area contributed by atoms with Crippen LogP contribution in [-0.4, -0.2) is 51.1 Å². The molecule has 7 nitrogen and oxygen atoms in total. The van der Waals surface area contributed by atoms with E-state index in [4.69, 9.17) is 0 Å². The van der Waals surface area contributed by atoms with Gasteiger partial charge in [0, 0.05) is 12.1 Å². The van der Waals surface area contributed by atoms with E-state index in [0.717, 1.165) is 37.4 Å². The van der Waals surface area contributed by atoms with Crippen molar-refractivity contribution in [3.8, 4) is 5.75 Å². The molecule has 1 aliphatic heterocycles. The summed E-state index contributed by atoms with van der Waals surface area (Å²) in [6.07, 6.45) is 3.68. The van der Waals surface area contributed by atoms with E-state index < -0.39 is 12.7 Å². The van der Waals surface area contributed by atoms with Gasteiger partial charge in [0.15, 0.2) is 5.65 Å². The summed E-state index contributed by atoms with van der Waals surface area (Å²) in [7, 11) is 0. The highest BCUT2D eigenvalue weighted by atomic mass is 19.3. The van der Waals surface area contributed by atoms with Crippen molar-refractivity contribution >= 4 is 17.2 Å². The predicted molar refractivity (Wildman–Crippen MR) is 108 cm³/mol. The largest absolute Gasteiger partial charge is 0.433 e. The summed E-state index contributed by atoms with van der Waals surface area (Å²) in [5.74, 6) is 0.909. The van der Waals surface area contributed by atoms with Crippen molar-refractivity contribution in [1.29, 1.82) is 0 Å². The van der Waals surface area contributed by atoms with Crippen LogP contribution in [0.4, 0.5) is 14.5 Å². The normalized spacial score (nSPS) is 16.7. The lowest BCUT2D eigenvalue weighted by atomic mass is 9.95. The molecule has 0 radical (unpaired) electrons. The third kappa shape index (κ3) is 4.25. The average Bonchev–Trinajstić information content (AvgIpc) is 3.18. The number of hydrogen-bond donors (Lipinski definition) is 1. The highest BCUT2D eigenvalue weighted by Crippen LogP contribution is 2.29. The molecule has 3 aromatic rings. The third-order valence-corrected chi connectivity index (χ3v) is 5.52. The van der Waals surface area contributed by atoms with Gasteiger partial charge in [0.1, 0.15) is 11.6 Å². The summed E-state index contributed by atoms with van der Waals surface area (Å²) >= 11 is 0. The van der Waals surface area contributed by atoms with Crippen LogP contribution in [0.5, 0.6) is 5.75 Å². The van der Waals surface area contributed by atoms with E-state index >= 15 is 0 Å². The third-order valence-electron chi connectivity index (χ3n) is 5.52. The minimum atomic E-state index is -2.95. The lowest BCUT2D eigenvalue weighted by Crippen LogP contribution is -2.46. The average molecular weight is 415 g/mol. The van der Waals surface area contributed by atoms with E-state index in [1.807, 2.05) is 35.7 Å². The number of pyridine rings is 1. The van der Waals surface area contributed by atoms with Gasteiger partial charge in [0.25, 0.3) is 0 Å². The van der Waals surface area contributed by atoms with Crippen LogP contribution in [0.25, 0.3) is 5.65 Å². The highest BCUT2D eigenvalue weighted by molar-refractivity contribution is 5.95. The van der Waals surface area contributed by atoms with Gasteiger partial charge in [-0.3, -0.25) is 14.1 Å². The first-order valence-electron chi connectivity index (χ1n) is 9.91. The molecule has 4 rings (SSSR count). The second-order valence-corrected chi connectivity index (χ2v) is 7.34. The summed E-state index contributed by atoms with van der Waals surface area (Å²) in [6, 6.07) is 11.6. The fraction of sp³-hybridized carbons (Fsp3) is 0.381. The molecule has 158 valence electrons. The molecule has 1 aliphatic rings. The summed E-state index contributed by atoms with van der Waals surface area (Å²) in [5.41, 5.74) is 1.06. The molecule has 1 unspecified atom stereocenters. The zero-order valence-electron chi connectivity index (χ0n) is 16.5. The molecule has 0 spiro atoms. The first kappa shape index (κ1) is 20.2. The van der Waals surface area contributed by atoms with Gasteiger partial charge < -0.3 is 10.1 Å². The molecule has 3 heterocycles. The molecule has 1 N–H and O–H groups in total. The fourth-order valence-corrected chi connectivity index (χ4v) is 3.85. The number of hydrogen-bond acceptors (Lipinski definition) is 5. The van der Waals surface area contributed by atoms with Gasteiger partial charge in [-0.05, 0) is 57.1 Å². The Morgan fingerprint density at radius 2 is 1.87 bits per heavy atom. The lowest BCUT2D eigenvalue weighted by Gasteiger charge is -2.34. The SMILES string of the molecule is CC(C(=O)Nc1ccccc1OC(F)F)N1CCC(c2nnc3ccccn23)CC1. The van der Waals surface area contributed by atoms with E-state index in [0.29, 0.717) is 0 Å². The molecular formula is C21H23F2N5O2. The topological polar surface area (TPSA) is 71.8 Å². The monoisotopic (exact) mass is 415 g/mol. The standard InChI is InChI=1S/C21H23F2N5O2/c1-14(20(29)24-16-6-2-3-7-17(16)30-21(22)23)27-12-9-15(10-13-27)19-26-25-18-8-4-5-11-28(18)19/h2-8,11,14-15,21H,9-10,12-13H2,1H3,(H,24,29). The quantitative estimate of drug-likeness (QED) is 0.667. The maximum atomic E-state index is 12.7. The van der Waals surface area contributed by atoms with E-state index in [9.17, 15) is 13.6 Å². The minimum absolute atomic E-state index is 0.0505. The van der Waals surface area contributed by atoms with Gasteiger partial charge in [-0.1, -0.05) is 18.2 Å². The zero-order valence-corrected chi connectivity index (χ0v) is 16.5. The molecule has 9 heteroatoms. The maximum Gasteiger partial charge on any atom is 0.387 e. The second-order valence-electron chi connectivity index (χ2n) is 7.34. The van der Waals surface area contributed by atoms with E-state index in [2.05, 4.69) is 25.2 Å². The number of piperidine rings is 1. The van der Waals surface area contributed by atoms with Crippen LogP contribution in [0.1, 0.15) is 31.5 Å². The van der Waals surface area contributed by atoms with Gasteiger partial charge in [-0.2, -0.15) is 8.78 Å². The molecule has 0 bridgehead atoms. The smallest absolute Gasteiger partial charge is 0.387 e. The fourth-order valence-electron chi connectivity index (χ4n) is 3.85. The van der Waals surface area contributed by atoms with Crippen LogP contribution in [0.15, 0.2) is 48.7 Å². The van der Waals surface area contributed by atoms with E-state index in [-0.39, 0.29) is 23.3 Å². The summed E-state index contributed by atoms with van der Waals surface area (Å²) in [5, 5.41) is 11.3. The van der Waals surface area contributed by atoms with Gasteiger partial charge in [0.05, 0.1) is 11.7 Å². The summed E-state index contributed by atoms with van der Waals surface area (Å²) in [4.78, 5) is 14.8. The number of nitrogens with one attached hydrogen (secondary N) is 1. The Bertz CT molecular complexity index is 1020. The van der Waals surface area contributed by atoms with Crippen molar-refractivity contribution < 1.29 is 18.3 Å². The Labute approximate surface area is 172 Å². The number of ether oxygens (including phenoxy) is 1. The zero-order chi connectivity index (χ0) is 21.1. The van der Waals surface area contributed by atoms with Gasteiger partial charge >= 0.3 is 6.61 Å². The first-order valence-corrected chi connectivity index (χ1v) is 9.91. The molecule has 2 aromatic heterocycles. The van der Waals surface area contributed by atoms with Crippen LogP contribution in [-0.2, 0) is 4.79 Å². The molecular weight excluding hydrogens is 392 g/mol. The van der Waals surface area contributed by atoms with Crippen LogP contribution in [0.3, 0.4) is 0 Å². The van der Waals surface area contributed by atoms with Gasteiger partial charge in [0.2, 0.25) is 5.91 Å². The van der Waals surface area contributed by atoms with Crippen LogP contribution in [0.2, 0.25) is 0 Å². The molecule has 0 saturated carbocycles. The van der Waals surface area contributed by atoms with Crippen molar-refractivity contribution in [3.05, 3.63) is 54.5 Å². The first-order chi connectivity index (χ1) is 14.5. The lowest BCUT2D eigenvalue weighted by molar-refractivity contribution is -0.121. The molecule has 1 saturated heterocycles. The number of para-hydroxylation sites is 2. The number of benzene rings is 1. The number of halogens is 2. The van der Waals surface area contributed by atoms with Gasteiger partial charge in [-0.25, -0.2) is 0 Å². The number of alkyl halides is 2. The van der Waals surface area contributed by atoms with Crippen LogP contribution < -0.4 is 10.1 Å². The molecule has 0 aliphatic carbocycles. The predicted octanol–water partition coefficient (Wildman–Crippen LogP) is 3.54. The number of anilines is 1. The Kier molecular flexibility index (Phi) is 5.89. The molecule has 1 atom stereocenters. The van der Waals surface area contributed by atoms with Crippen molar-refractivity contribution in [2.45, 2.75) is 38.3 Å². The minimum Gasteiger partial charge on any atom is -0.433 e. The Hall–Kier alpha value is -3.07. The Balaban J connectivity index is 1.37. The Morgan fingerprint density at radius 3 is 2.63 bits per heavy atom. The van der Waals surface area contributed by atoms with Crippen molar-refractivity contribution in [1.82, 2.24) is 19.5 Å². The van der Waals surface area contributed by atoms with Crippen LogP contribution in [0, 0.1) is 0 Å². The summed E-state index contributed by atoms with van der Waals surface area (Å²) < 4.78 is 31.7. The number of fused-ring (bicyclic) bond motifs is 1. The number of amides is 1.